The second-order valence-electron chi connectivity index (χ2n) is 8.99. The molecule has 6 nitrogen and oxygen atoms in total. The van der Waals surface area contributed by atoms with Crippen molar-refractivity contribution in [3.05, 3.63) is 107 Å². The fraction of sp³-hybridized carbons (Fsp3) is 0.172. The van der Waals surface area contributed by atoms with Crippen molar-refractivity contribution in [2.24, 2.45) is 0 Å². The molecule has 0 aromatic heterocycles. The van der Waals surface area contributed by atoms with Gasteiger partial charge >= 0.3 is 6.18 Å². The second-order valence-corrected chi connectivity index (χ2v) is 8.99. The van der Waals surface area contributed by atoms with Crippen LogP contribution in [0.1, 0.15) is 22.3 Å². The van der Waals surface area contributed by atoms with E-state index >= 15 is 0 Å². The van der Waals surface area contributed by atoms with Gasteiger partial charge in [0.1, 0.15) is 6.10 Å². The molecule has 0 bridgehead atoms. The van der Waals surface area contributed by atoms with Crippen LogP contribution >= 0.6 is 0 Å². The first-order valence-corrected chi connectivity index (χ1v) is 11.8. The summed E-state index contributed by atoms with van der Waals surface area (Å²) < 4.78 is 39.3. The standard InChI is InChI=1S/C29H26F3N3O3/c1-35(2)21-7-3-6-19(16-21)22(18-12-14-20(15-13-18)29(30,31)32)8-4-11-27(37)33-24-9-5-10-25-23(24)17-26(36)28(38)34-25/h3-16,26,36H,17H2,1-2H3,(H,33,37)(H,34,38)/b11-4+,22-8-. The molecule has 1 aliphatic rings. The van der Waals surface area contributed by atoms with Gasteiger partial charge in [-0.2, -0.15) is 13.2 Å². The van der Waals surface area contributed by atoms with Gasteiger partial charge < -0.3 is 20.6 Å². The van der Waals surface area contributed by atoms with Crippen molar-refractivity contribution in [3.8, 4) is 0 Å². The van der Waals surface area contributed by atoms with E-state index in [4.69, 9.17) is 0 Å². The van der Waals surface area contributed by atoms with Gasteiger partial charge in [-0.1, -0.05) is 42.5 Å². The van der Waals surface area contributed by atoms with Gasteiger partial charge in [-0.25, -0.2) is 0 Å². The molecule has 196 valence electrons. The average Bonchev–Trinajstić information content (AvgIpc) is 2.87. The summed E-state index contributed by atoms with van der Waals surface area (Å²) in [6.45, 7) is 0. The van der Waals surface area contributed by atoms with Gasteiger partial charge in [-0.3, -0.25) is 9.59 Å². The predicted molar refractivity (Wildman–Crippen MR) is 142 cm³/mol. The second kappa shape index (κ2) is 10.9. The van der Waals surface area contributed by atoms with Crippen LogP contribution in [-0.2, 0) is 22.2 Å². The molecule has 1 atom stereocenters. The van der Waals surface area contributed by atoms with E-state index in [9.17, 15) is 27.9 Å². The zero-order valence-electron chi connectivity index (χ0n) is 20.7. The number of alkyl halides is 3. The lowest BCUT2D eigenvalue weighted by Crippen LogP contribution is -2.34. The topological polar surface area (TPSA) is 81.7 Å². The molecule has 9 heteroatoms. The van der Waals surface area contributed by atoms with Gasteiger partial charge in [-0.15, -0.1) is 0 Å². The highest BCUT2D eigenvalue weighted by atomic mass is 19.4. The van der Waals surface area contributed by atoms with E-state index < -0.39 is 29.7 Å². The van der Waals surface area contributed by atoms with Crippen LogP contribution in [-0.4, -0.2) is 37.1 Å². The van der Waals surface area contributed by atoms with E-state index in [2.05, 4.69) is 10.6 Å². The number of nitrogens with one attached hydrogen (secondary N) is 2. The van der Waals surface area contributed by atoms with Gasteiger partial charge in [0.2, 0.25) is 5.91 Å². The van der Waals surface area contributed by atoms with Gasteiger partial charge in [0, 0.05) is 49.2 Å². The minimum absolute atomic E-state index is 0.0710. The number of benzene rings is 3. The van der Waals surface area contributed by atoms with Crippen molar-refractivity contribution in [1.29, 1.82) is 0 Å². The number of allylic oxidation sites excluding steroid dienone is 2. The Balaban J connectivity index is 1.62. The molecule has 0 saturated heterocycles. The molecule has 2 amide bonds. The Morgan fingerprint density at radius 2 is 1.76 bits per heavy atom. The molecule has 0 saturated carbocycles. The van der Waals surface area contributed by atoms with E-state index in [0.717, 1.165) is 23.4 Å². The van der Waals surface area contributed by atoms with E-state index in [0.29, 0.717) is 28.1 Å². The Bertz CT molecular complexity index is 1410. The molecule has 3 N–H and O–H groups in total. The lowest BCUT2D eigenvalue weighted by molar-refractivity contribution is -0.137. The number of fused-ring (bicyclic) bond motifs is 1. The van der Waals surface area contributed by atoms with Gasteiger partial charge in [0.15, 0.2) is 0 Å². The maximum Gasteiger partial charge on any atom is 0.416 e. The first-order chi connectivity index (χ1) is 18.0. The predicted octanol–water partition coefficient (Wildman–Crippen LogP) is 5.25. The van der Waals surface area contributed by atoms with Crippen LogP contribution in [0, 0.1) is 0 Å². The normalized spacial score (nSPS) is 15.7. The summed E-state index contributed by atoms with van der Waals surface area (Å²) >= 11 is 0. The first kappa shape index (κ1) is 26.7. The quantitative estimate of drug-likeness (QED) is 0.306. The minimum atomic E-state index is -4.44. The lowest BCUT2D eigenvalue weighted by Gasteiger charge is -2.23. The number of nitrogens with zero attached hydrogens (tertiary/aromatic N) is 1. The third-order valence-corrected chi connectivity index (χ3v) is 6.10. The van der Waals surface area contributed by atoms with Crippen LogP contribution in [0.4, 0.5) is 30.2 Å². The van der Waals surface area contributed by atoms with Crippen molar-refractivity contribution in [2.45, 2.75) is 18.7 Å². The Hall–Kier alpha value is -4.37. The molecule has 4 rings (SSSR count). The molecule has 0 aliphatic carbocycles. The summed E-state index contributed by atoms with van der Waals surface area (Å²) in [4.78, 5) is 26.3. The smallest absolute Gasteiger partial charge is 0.383 e. The zero-order valence-corrected chi connectivity index (χ0v) is 20.7. The minimum Gasteiger partial charge on any atom is -0.383 e. The Kier molecular flexibility index (Phi) is 7.68. The molecule has 0 radical (unpaired) electrons. The Morgan fingerprint density at radius 1 is 1.05 bits per heavy atom. The highest BCUT2D eigenvalue weighted by Crippen LogP contribution is 2.33. The average molecular weight is 522 g/mol. The Morgan fingerprint density at radius 3 is 2.45 bits per heavy atom. The molecule has 38 heavy (non-hydrogen) atoms. The number of aliphatic hydroxyl groups is 1. The summed E-state index contributed by atoms with van der Waals surface area (Å²) in [5.41, 5.74) is 3.71. The van der Waals surface area contributed by atoms with Crippen LogP contribution in [0.2, 0.25) is 0 Å². The van der Waals surface area contributed by atoms with Gasteiger partial charge in [-0.05, 0) is 53.1 Å². The number of halogens is 3. The maximum atomic E-state index is 13.1. The fourth-order valence-corrected chi connectivity index (χ4v) is 4.10. The van der Waals surface area contributed by atoms with Crippen molar-refractivity contribution in [1.82, 2.24) is 0 Å². The van der Waals surface area contributed by atoms with Gasteiger partial charge in [0.05, 0.1) is 5.56 Å². The van der Waals surface area contributed by atoms with Crippen LogP contribution in [0.15, 0.2) is 85.0 Å². The van der Waals surface area contributed by atoms with E-state index in [1.54, 1.807) is 24.3 Å². The van der Waals surface area contributed by atoms with Crippen molar-refractivity contribution in [2.75, 3.05) is 29.6 Å². The molecule has 1 aliphatic heterocycles. The number of hydrogen-bond acceptors (Lipinski definition) is 4. The first-order valence-electron chi connectivity index (χ1n) is 11.8. The fourth-order valence-electron chi connectivity index (χ4n) is 4.10. The lowest BCUT2D eigenvalue weighted by atomic mass is 9.96. The van der Waals surface area contributed by atoms with Crippen LogP contribution in [0.3, 0.4) is 0 Å². The maximum absolute atomic E-state index is 13.1. The number of anilines is 3. The summed E-state index contributed by atoms with van der Waals surface area (Å²) in [7, 11) is 3.77. The highest BCUT2D eigenvalue weighted by Gasteiger charge is 2.30. The van der Waals surface area contributed by atoms with Gasteiger partial charge in [0.25, 0.3) is 5.91 Å². The monoisotopic (exact) mass is 521 g/mol. The van der Waals surface area contributed by atoms with Crippen LogP contribution < -0.4 is 15.5 Å². The number of rotatable bonds is 6. The molecule has 3 aromatic rings. The van der Waals surface area contributed by atoms with Crippen molar-refractivity contribution < 1.29 is 27.9 Å². The molecule has 0 fully saturated rings. The summed E-state index contributed by atoms with van der Waals surface area (Å²) in [5.74, 6) is -0.949. The van der Waals surface area contributed by atoms with Crippen molar-refractivity contribution in [3.63, 3.8) is 0 Å². The molecular weight excluding hydrogens is 495 g/mol. The zero-order chi connectivity index (χ0) is 27.4. The number of aliphatic hydroxyl groups excluding tert-OH is 1. The third kappa shape index (κ3) is 6.12. The summed E-state index contributed by atoms with van der Waals surface area (Å²) in [5, 5.41) is 15.3. The number of carbonyl (C=O) groups is 2. The molecule has 1 unspecified atom stereocenters. The number of carbonyl (C=O) groups excluding carboxylic acids is 2. The van der Waals surface area contributed by atoms with E-state index in [1.165, 1.54) is 24.3 Å². The van der Waals surface area contributed by atoms with E-state index in [-0.39, 0.29) is 6.42 Å². The molecule has 0 spiro atoms. The summed E-state index contributed by atoms with van der Waals surface area (Å²) in [6, 6.07) is 17.4. The summed E-state index contributed by atoms with van der Waals surface area (Å²) in [6.07, 6.45) is -1.08. The number of hydrogen-bond donors (Lipinski definition) is 3. The van der Waals surface area contributed by atoms with Crippen LogP contribution in [0.5, 0.6) is 0 Å². The SMILES string of the molecule is CN(C)c1cccc(/C(=C\C=C\C(=O)Nc2cccc3c2CC(O)C(=O)N3)c2ccc(C(F)(F)F)cc2)c1. The van der Waals surface area contributed by atoms with Crippen LogP contribution in [0.25, 0.3) is 5.57 Å². The number of amides is 2. The molecular formula is C29H26F3N3O3. The Labute approximate surface area is 218 Å². The highest BCUT2D eigenvalue weighted by molar-refractivity contribution is 6.03. The van der Waals surface area contributed by atoms with Crippen molar-refractivity contribution >= 4 is 34.4 Å². The van der Waals surface area contributed by atoms with E-state index in [1.807, 2.05) is 43.3 Å². The third-order valence-electron chi connectivity index (χ3n) is 6.10. The molecule has 1 heterocycles. The largest absolute Gasteiger partial charge is 0.416 e. The molecule has 3 aromatic carbocycles.